The summed E-state index contributed by atoms with van der Waals surface area (Å²) in [6.07, 6.45) is 1.65. The Labute approximate surface area is 100 Å². The number of carbonyl (C=O) groups excluding carboxylic acids is 2. The first-order valence-electron chi connectivity index (χ1n) is 5.27. The van der Waals surface area contributed by atoms with Crippen LogP contribution < -0.4 is 16.9 Å². The van der Waals surface area contributed by atoms with E-state index in [9.17, 15) is 14.7 Å². The van der Waals surface area contributed by atoms with Crippen LogP contribution in [0.5, 0.6) is 5.75 Å². The normalized spacial score (nSPS) is 9.94. The van der Waals surface area contributed by atoms with Gasteiger partial charge in [-0.05, 0) is 12.1 Å². The van der Waals surface area contributed by atoms with Crippen molar-refractivity contribution < 1.29 is 14.7 Å². The van der Waals surface area contributed by atoms with Crippen LogP contribution in [-0.2, 0) is 0 Å². The summed E-state index contributed by atoms with van der Waals surface area (Å²) in [5, 5.41) is 9.59. The Hall–Kier alpha value is -1.98. The highest BCUT2D eigenvalue weighted by atomic mass is 16.3. The van der Waals surface area contributed by atoms with Crippen LogP contribution in [0.1, 0.15) is 34.1 Å². The van der Waals surface area contributed by atoms with Crippen molar-refractivity contribution in [3.8, 4) is 5.75 Å². The van der Waals surface area contributed by atoms with E-state index in [0.29, 0.717) is 5.46 Å². The molecule has 0 saturated carbocycles. The number of phenols is 1. The lowest BCUT2D eigenvalue weighted by molar-refractivity contribution is 0.0997. The molecule has 0 aliphatic carbocycles. The zero-order chi connectivity index (χ0) is 13.0. The Morgan fingerprint density at radius 1 is 1.24 bits per heavy atom. The minimum Gasteiger partial charge on any atom is -0.507 e. The monoisotopic (exact) mass is 233 g/mol. The number of amides is 2. The van der Waals surface area contributed by atoms with E-state index in [0.717, 1.165) is 12.7 Å². The molecule has 5 N–H and O–H groups in total. The summed E-state index contributed by atoms with van der Waals surface area (Å²) >= 11 is 0. The second kappa shape index (κ2) is 5.38. The third-order valence-electron chi connectivity index (χ3n) is 2.35. The summed E-state index contributed by atoms with van der Waals surface area (Å²) in [7, 11) is 1.78. The van der Waals surface area contributed by atoms with Gasteiger partial charge in [-0.15, -0.1) is 0 Å². The van der Waals surface area contributed by atoms with Crippen LogP contribution in [0.2, 0.25) is 6.32 Å². The van der Waals surface area contributed by atoms with Crippen molar-refractivity contribution in [1.29, 1.82) is 0 Å². The summed E-state index contributed by atoms with van der Waals surface area (Å²) < 4.78 is 0. The third kappa shape index (κ3) is 2.99. The Morgan fingerprint density at radius 3 is 2.29 bits per heavy atom. The zero-order valence-corrected chi connectivity index (χ0v) is 9.56. The van der Waals surface area contributed by atoms with Gasteiger partial charge in [-0.2, -0.15) is 0 Å². The van der Waals surface area contributed by atoms with Gasteiger partial charge in [-0.25, -0.2) is 0 Å². The quantitative estimate of drug-likeness (QED) is 0.610. The maximum atomic E-state index is 11.2. The SMILES string of the molecule is CCC[B]c1cc(O)c(C(N)=O)cc1C(N)=O. The summed E-state index contributed by atoms with van der Waals surface area (Å²) in [4.78, 5) is 22.3. The van der Waals surface area contributed by atoms with Crippen molar-refractivity contribution in [3.05, 3.63) is 23.3 Å². The summed E-state index contributed by atoms with van der Waals surface area (Å²) in [5.74, 6) is -1.70. The summed E-state index contributed by atoms with van der Waals surface area (Å²) in [6.45, 7) is 1.98. The maximum Gasteiger partial charge on any atom is 0.252 e. The molecule has 2 amide bonds. The lowest BCUT2D eigenvalue weighted by Crippen LogP contribution is -2.28. The standard InChI is InChI=1S/C11H14BN2O3/c1-2-3-12-8-5-9(15)7(11(14)17)4-6(8)10(13)16/h4-5,15H,2-3H2,1H3,(H2,13,16)(H2,14,17). The molecule has 0 saturated heterocycles. The van der Waals surface area contributed by atoms with E-state index in [1.54, 1.807) is 7.28 Å². The minimum atomic E-state index is -0.799. The van der Waals surface area contributed by atoms with E-state index < -0.39 is 11.8 Å². The van der Waals surface area contributed by atoms with E-state index in [4.69, 9.17) is 11.5 Å². The van der Waals surface area contributed by atoms with Gasteiger partial charge >= 0.3 is 0 Å². The van der Waals surface area contributed by atoms with Gasteiger partial charge < -0.3 is 16.6 Å². The van der Waals surface area contributed by atoms with Crippen LogP contribution in [0.4, 0.5) is 0 Å². The summed E-state index contributed by atoms with van der Waals surface area (Å²) in [6, 6.07) is 2.55. The van der Waals surface area contributed by atoms with Crippen LogP contribution in [0, 0.1) is 0 Å². The van der Waals surface area contributed by atoms with E-state index in [1.165, 1.54) is 12.1 Å². The molecule has 0 spiro atoms. The zero-order valence-electron chi connectivity index (χ0n) is 9.56. The molecule has 1 aromatic rings. The smallest absolute Gasteiger partial charge is 0.252 e. The molecule has 0 aliphatic heterocycles. The lowest BCUT2D eigenvalue weighted by Gasteiger charge is -2.09. The number of nitrogens with two attached hydrogens (primary N) is 2. The van der Waals surface area contributed by atoms with Gasteiger partial charge in [0.15, 0.2) is 7.28 Å². The number of benzene rings is 1. The van der Waals surface area contributed by atoms with Crippen LogP contribution in [0.3, 0.4) is 0 Å². The largest absolute Gasteiger partial charge is 0.507 e. The highest BCUT2D eigenvalue weighted by Gasteiger charge is 2.16. The molecule has 1 radical (unpaired) electrons. The molecule has 17 heavy (non-hydrogen) atoms. The van der Waals surface area contributed by atoms with Gasteiger partial charge in [0.05, 0.1) is 5.56 Å². The molecule has 1 rings (SSSR count). The lowest BCUT2D eigenvalue weighted by atomic mass is 9.64. The van der Waals surface area contributed by atoms with Gasteiger partial charge in [0.2, 0.25) is 5.91 Å². The fourth-order valence-electron chi connectivity index (χ4n) is 1.48. The molecule has 1 aromatic carbocycles. The van der Waals surface area contributed by atoms with Gasteiger partial charge in [0.25, 0.3) is 5.91 Å². The van der Waals surface area contributed by atoms with E-state index in [2.05, 4.69) is 0 Å². The molecule has 0 unspecified atom stereocenters. The van der Waals surface area contributed by atoms with Gasteiger partial charge in [0, 0.05) is 5.56 Å². The maximum absolute atomic E-state index is 11.2. The molecule has 89 valence electrons. The van der Waals surface area contributed by atoms with E-state index in [1.807, 2.05) is 6.92 Å². The minimum absolute atomic E-state index is 0.104. The van der Waals surface area contributed by atoms with Gasteiger partial charge in [-0.3, -0.25) is 9.59 Å². The molecular formula is C11H14BN2O3. The number of rotatable bonds is 5. The van der Waals surface area contributed by atoms with Crippen LogP contribution in [-0.4, -0.2) is 24.2 Å². The molecule has 0 aromatic heterocycles. The topological polar surface area (TPSA) is 106 Å². The van der Waals surface area contributed by atoms with Gasteiger partial charge in [-0.1, -0.05) is 25.1 Å². The predicted molar refractivity (Wildman–Crippen MR) is 65.6 cm³/mol. The molecule has 0 bridgehead atoms. The molecule has 0 fully saturated rings. The van der Waals surface area contributed by atoms with Crippen LogP contribution >= 0.6 is 0 Å². The highest BCUT2D eigenvalue weighted by molar-refractivity contribution is 6.55. The third-order valence-corrected chi connectivity index (χ3v) is 2.35. The van der Waals surface area contributed by atoms with Crippen molar-refractivity contribution in [2.24, 2.45) is 11.5 Å². The van der Waals surface area contributed by atoms with Crippen LogP contribution in [0.25, 0.3) is 0 Å². The first kappa shape index (κ1) is 13.1. The fourth-order valence-corrected chi connectivity index (χ4v) is 1.48. The molecule has 5 nitrogen and oxygen atoms in total. The Bertz CT molecular complexity index is 460. The van der Waals surface area contributed by atoms with Crippen molar-refractivity contribution in [3.63, 3.8) is 0 Å². The molecule has 0 aliphatic rings. The highest BCUT2D eigenvalue weighted by Crippen LogP contribution is 2.16. The first-order valence-corrected chi connectivity index (χ1v) is 5.27. The molecule has 0 heterocycles. The van der Waals surface area contributed by atoms with E-state index in [-0.39, 0.29) is 16.9 Å². The molecule has 0 atom stereocenters. The average Bonchev–Trinajstić information content (AvgIpc) is 2.25. The Morgan fingerprint density at radius 2 is 1.82 bits per heavy atom. The molecular weight excluding hydrogens is 219 g/mol. The Balaban J connectivity index is 3.25. The fraction of sp³-hybridized carbons (Fsp3) is 0.273. The first-order chi connectivity index (χ1) is 7.97. The van der Waals surface area contributed by atoms with E-state index >= 15 is 0 Å². The summed E-state index contributed by atoms with van der Waals surface area (Å²) in [5.41, 5.74) is 10.9. The number of primary amides is 2. The number of carbonyl (C=O) groups is 2. The van der Waals surface area contributed by atoms with Crippen molar-refractivity contribution in [1.82, 2.24) is 0 Å². The number of hydrogen-bond acceptors (Lipinski definition) is 3. The average molecular weight is 233 g/mol. The number of hydrogen-bond donors (Lipinski definition) is 3. The second-order valence-electron chi connectivity index (χ2n) is 3.68. The molecule has 6 heteroatoms. The Kier molecular flexibility index (Phi) is 4.14. The predicted octanol–water partition coefficient (Wildman–Crippen LogP) is -0.252. The van der Waals surface area contributed by atoms with Crippen LogP contribution in [0.15, 0.2) is 12.1 Å². The van der Waals surface area contributed by atoms with Crippen molar-refractivity contribution in [2.75, 3.05) is 0 Å². The number of aromatic hydroxyl groups is 1. The van der Waals surface area contributed by atoms with Gasteiger partial charge in [0.1, 0.15) is 5.75 Å². The van der Waals surface area contributed by atoms with Crippen molar-refractivity contribution >= 4 is 24.6 Å². The van der Waals surface area contributed by atoms with Crippen molar-refractivity contribution in [2.45, 2.75) is 19.7 Å². The second-order valence-corrected chi connectivity index (χ2v) is 3.68.